The van der Waals surface area contributed by atoms with Crippen molar-refractivity contribution < 1.29 is 22.9 Å². The van der Waals surface area contributed by atoms with Crippen molar-refractivity contribution in [2.45, 2.75) is 24.7 Å². The van der Waals surface area contributed by atoms with Crippen molar-refractivity contribution in [1.82, 2.24) is 0 Å². The Morgan fingerprint density at radius 1 is 1.09 bits per heavy atom. The molecule has 10 heteroatoms. The lowest BCUT2D eigenvalue weighted by atomic mass is 10.0. The van der Waals surface area contributed by atoms with Crippen LogP contribution in [-0.4, -0.2) is 32.9 Å². The molecule has 9 nitrogen and oxygen atoms in total. The molecule has 176 valence electrons. The van der Waals surface area contributed by atoms with Gasteiger partial charge in [0.1, 0.15) is 5.75 Å². The lowest BCUT2D eigenvalue weighted by Crippen LogP contribution is -2.35. The number of anilines is 2. The monoisotopic (exact) mass is 481 g/mol. The number of carbonyl (C=O) groups excluding carboxylic acids is 1. The number of ether oxygens (including phenoxy) is 1. The fraction of sp³-hybridized carbons (Fsp3) is 0.208. The number of carbonyl (C=O) groups is 1. The molecule has 34 heavy (non-hydrogen) atoms. The Labute approximate surface area is 197 Å². The van der Waals surface area contributed by atoms with Gasteiger partial charge in [-0.15, -0.1) is 0 Å². The van der Waals surface area contributed by atoms with E-state index in [1.165, 1.54) is 41.7 Å². The van der Waals surface area contributed by atoms with Gasteiger partial charge in [0.2, 0.25) is 0 Å². The second-order valence-electron chi connectivity index (χ2n) is 7.91. The van der Waals surface area contributed by atoms with Gasteiger partial charge in [-0.05, 0) is 73.9 Å². The molecule has 0 spiro atoms. The number of benzene rings is 3. The van der Waals surface area contributed by atoms with Crippen LogP contribution in [-0.2, 0) is 16.4 Å². The SMILES string of the molecule is COc1ccc(S(=O)(=O)N2CCCc3cc(NC(=O)c4ccc(C)c([N+](=O)[O-])c4)ccc32)cc1. The summed E-state index contributed by atoms with van der Waals surface area (Å²) in [5, 5.41) is 13.9. The van der Waals surface area contributed by atoms with Gasteiger partial charge in [-0.25, -0.2) is 8.42 Å². The van der Waals surface area contributed by atoms with Crippen molar-refractivity contribution in [3.8, 4) is 5.75 Å². The first-order valence-corrected chi connectivity index (χ1v) is 12.0. The summed E-state index contributed by atoms with van der Waals surface area (Å²) in [5.74, 6) is 0.0823. The van der Waals surface area contributed by atoms with Gasteiger partial charge in [-0.2, -0.15) is 0 Å². The maximum Gasteiger partial charge on any atom is 0.273 e. The molecule has 0 saturated carbocycles. The average molecular weight is 482 g/mol. The topological polar surface area (TPSA) is 119 Å². The third-order valence-corrected chi connectivity index (χ3v) is 7.56. The van der Waals surface area contributed by atoms with Crippen molar-refractivity contribution >= 4 is 33.0 Å². The van der Waals surface area contributed by atoms with E-state index in [2.05, 4.69) is 5.32 Å². The molecule has 3 aromatic rings. The van der Waals surface area contributed by atoms with Crippen molar-refractivity contribution in [2.24, 2.45) is 0 Å². The highest BCUT2D eigenvalue weighted by molar-refractivity contribution is 7.92. The van der Waals surface area contributed by atoms with E-state index >= 15 is 0 Å². The lowest BCUT2D eigenvalue weighted by Gasteiger charge is -2.31. The number of amides is 1. The summed E-state index contributed by atoms with van der Waals surface area (Å²) >= 11 is 0. The minimum atomic E-state index is -3.77. The highest BCUT2D eigenvalue weighted by Gasteiger charge is 2.29. The van der Waals surface area contributed by atoms with E-state index in [1.54, 1.807) is 37.3 Å². The number of rotatable bonds is 6. The quantitative estimate of drug-likeness (QED) is 0.414. The number of nitro benzene ring substituents is 1. The van der Waals surface area contributed by atoms with Gasteiger partial charge in [0.15, 0.2) is 0 Å². The van der Waals surface area contributed by atoms with Crippen LogP contribution < -0.4 is 14.4 Å². The third kappa shape index (κ3) is 4.44. The molecular weight excluding hydrogens is 458 g/mol. The summed E-state index contributed by atoms with van der Waals surface area (Å²) in [4.78, 5) is 23.5. The predicted molar refractivity (Wildman–Crippen MR) is 128 cm³/mol. The molecule has 1 aliphatic heterocycles. The Kier molecular flexibility index (Phi) is 6.25. The second kappa shape index (κ2) is 9.14. The lowest BCUT2D eigenvalue weighted by molar-refractivity contribution is -0.385. The molecular formula is C24H23N3O6S. The molecule has 0 atom stereocenters. The first-order chi connectivity index (χ1) is 16.2. The van der Waals surface area contributed by atoms with Gasteiger partial charge in [0.05, 0.1) is 22.6 Å². The van der Waals surface area contributed by atoms with E-state index in [4.69, 9.17) is 4.74 Å². The van der Waals surface area contributed by atoms with Gasteiger partial charge >= 0.3 is 0 Å². The molecule has 0 saturated heterocycles. The zero-order valence-corrected chi connectivity index (χ0v) is 19.5. The maximum atomic E-state index is 13.3. The van der Waals surface area contributed by atoms with Gasteiger partial charge in [0.25, 0.3) is 21.6 Å². The minimum absolute atomic E-state index is 0.127. The van der Waals surface area contributed by atoms with Crippen LogP contribution in [0.5, 0.6) is 5.75 Å². The molecule has 0 aliphatic carbocycles. The number of sulfonamides is 1. The predicted octanol–water partition coefficient (Wildman–Crippen LogP) is 4.31. The van der Waals surface area contributed by atoms with E-state index in [1.807, 2.05) is 0 Å². The Bertz CT molecular complexity index is 1370. The average Bonchev–Trinajstić information content (AvgIpc) is 2.83. The maximum absolute atomic E-state index is 13.3. The fourth-order valence-electron chi connectivity index (χ4n) is 3.92. The zero-order chi connectivity index (χ0) is 24.5. The van der Waals surface area contributed by atoms with Crippen LogP contribution in [0.4, 0.5) is 17.1 Å². The normalized spacial score (nSPS) is 13.2. The summed E-state index contributed by atoms with van der Waals surface area (Å²) < 4.78 is 33.0. The molecule has 0 fully saturated rings. The van der Waals surface area contributed by atoms with Crippen molar-refractivity contribution in [3.63, 3.8) is 0 Å². The summed E-state index contributed by atoms with van der Waals surface area (Å²) in [5.41, 5.74) is 2.34. The van der Waals surface area contributed by atoms with Crippen LogP contribution in [0, 0.1) is 17.0 Å². The van der Waals surface area contributed by atoms with Gasteiger partial charge in [-0.1, -0.05) is 6.07 Å². The number of aryl methyl sites for hydroxylation is 2. The zero-order valence-electron chi connectivity index (χ0n) is 18.6. The molecule has 0 unspecified atom stereocenters. The smallest absolute Gasteiger partial charge is 0.273 e. The Morgan fingerprint density at radius 3 is 2.50 bits per heavy atom. The Hall–Kier alpha value is -3.92. The fourth-order valence-corrected chi connectivity index (χ4v) is 5.46. The van der Waals surface area contributed by atoms with E-state index in [0.29, 0.717) is 42.1 Å². The van der Waals surface area contributed by atoms with Crippen molar-refractivity contribution in [2.75, 3.05) is 23.3 Å². The Balaban J connectivity index is 1.59. The molecule has 0 aromatic heterocycles. The summed E-state index contributed by atoms with van der Waals surface area (Å²) in [6.07, 6.45) is 1.29. The molecule has 0 radical (unpaired) electrons. The molecule has 1 N–H and O–H groups in total. The first-order valence-electron chi connectivity index (χ1n) is 10.6. The number of hydrogen-bond donors (Lipinski definition) is 1. The molecule has 1 aliphatic rings. The number of nitro groups is 1. The van der Waals surface area contributed by atoms with Crippen molar-refractivity contribution in [1.29, 1.82) is 0 Å². The number of methoxy groups -OCH3 is 1. The van der Waals surface area contributed by atoms with E-state index in [-0.39, 0.29) is 16.1 Å². The molecule has 3 aromatic carbocycles. The van der Waals surface area contributed by atoms with Crippen LogP contribution in [0.25, 0.3) is 0 Å². The van der Waals surface area contributed by atoms with Crippen LogP contribution in [0.15, 0.2) is 65.6 Å². The summed E-state index contributed by atoms with van der Waals surface area (Å²) in [6, 6.07) is 15.6. The number of hydrogen-bond acceptors (Lipinski definition) is 6. The molecule has 4 rings (SSSR count). The standard InChI is InChI=1S/C24H23N3O6S/c1-16-5-6-18(15-23(16)27(29)30)24(28)25-19-7-12-22-17(14-19)4-3-13-26(22)34(31,32)21-10-8-20(33-2)9-11-21/h5-12,14-15H,3-4,13H2,1-2H3,(H,25,28). The third-order valence-electron chi connectivity index (χ3n) is 5.73. The van der Waals surface area contributed by atoms with E-state index < -0.39 is 20.9 Å². The van der Waals surface area contributed by atoms with Crippen LogP contribution in [0.3, 0.4) is 0 Å². The van der Waals surface area contributed by atoms with Crippen molar-refractivity contribution in [3.05, 3.63) is 87.5 Å². The van der Waals surface area contributed by atoms with Gasteiger partial charge in [-0.3, -0.25) is 19.2 Å². The van der Waals surface area contributed by atoms with E-state index in [9.17, 15) is 23.3 Å². The van der Waals surface area contributed by atoms with Gasteiger partial charge < -0.3 is 10.1 Å². The number of nitrogens with zero attached hydrogens (tertiary/aromatic N) is 2. The molecule has 0 bridgehead atoms. The van der Waals surface area contributed by atoms with Crippen LogP contribution in [0.1, 0.15) is 27.9 Å². The first kappa shape index (κ1) is 23.2. The number of fused-ring (bicyclic) bond motifs is 1. The second-order valence-corrected chi connectivity index (χ2v) is 9.77. The molecule has 1 heterocycles. The summed E-state index contributed by atoms with van der Waals surface area (Å²) in [6.45, 7) is 1.95. The number of nitrogens with one attached hydrogen (secondary N) is 1. The van der Waals surface area contributed by atoms with Gasteiger partial charge in [0, 0.05) is 29.4 Å². The highest BCUT2D eigenvalue weighted by Crippen LogP contribution is 2.34. The van der Waals surface area contributed by atoms with Crippen LogP contribution in [0.2, 0.25) is 0 Å². The minimum Gasteiger partial charge on any atom is -0.497 e. The summed E-state index contributed by atoms with van der Waals surface area (Å²) in [7, 11) is -2.26. The largest absolute Gasteiger partial charge is 0.497 e. The van der Waals surface area contributed by atoms with Crippen LogP contribution >= 0.6 is 0 Å². The Morgan fingerprint density at radius 2 is 1.82 bits per heavy atom. The highest BCUT2D eigenvalue weighted by atomic mass is 32.2. The molecule has 1 amide bonds. The van der Waals surface area contributed by atoms with E-state index in [0.717, 1.165) is 5.56 Å².